The van der Waals surface area contributed by atoms with Gasteiger partial charge in [-0.15, -0.1) is 0 Å². The molecule has 3 rings (SSSR count). The maximum Gasteiger partial charge on any atom is 0.321 e. The molecule has 0 bridgehead atoms. The van der Waals surface area contributed by atoms with Gasteiger partial charge in [0.2, 0.25) is 5.91 Å². The number of hydrogen-bond donors (Lipinski definition) is 3. The molecular weight excluding hydrogens is 258 g/mol. The third-order valence-electron chi connectivity index (χ3n) is 4.22. The zero-order valence-corrected chi connectivity index (χ0v) is 11.7. The van der Waals surface area contributed by atoms with Gasteiger partial charge in [-0.05, 0) is 12.8 Å². The van der Waals surface area contributed by atoms with E-state index in [0.717, 1.165) is 52.1 Å². The van der Waals surface area contributed by atoms with Crippen molar-refractivity contribution in [1.82, 2.24) is 25.8 Å². The Morgan fingerprint density at radius 2 is 1.80 bits per heavy atom. The number of nitrogens with one attached hydrogen (secondary N) is 3. The molecule has 7 heteroatoms. The number of piperazine rings is 1. The molecule has 2 saturated heterocycles. The number of rotatable bonds is 4. The Bertz CT molecular complexity index is 373. The van der Waals surface area contributed by atoms with E-state index in [9.17, 15) is 9.59 Å². The predicted molar refractivity (Wildman–Crippen MR) is 74.4 cm³/mol. The van der Waals surface area contributed by atoms with Gasteiger partial charge in [0.15, 0.2) is 0 Å². The van der Waals surface area contributed by atoms with Crippen LogP contribution in [0.25, 0.3) is 0 Å². The van der Waals surface area contributed by atoms with E-state index in [1.54, 1.807) is 0 Å². The van der Waals surface area contributed by atoms with Crippen LogP contribution in [-0.4, -0.2) is 79.6 Å². The van der Waals surface area contributed by atoms with Gasteiger partial charge in [0.25, 0.3) is 0 Å². The van der Waals surface area contributed by atoms with Crippen molar-refractivity contribution in [2.75, 3.05) is 45.8 Å². The second-order valence-corrected chi connectivity index (χ2v) is 5.92. The molecule has 3 N–H and O–H groups in total. The number of carbonyl (C=O) groups is 2. The van der Waals surface area contributed by atoms with Crippen LogP contribution in [0.2, 0.25) is 0 Å². The summed E-state index contributed by atoms with van der Waals surface area (Å²) in [4.78, 5) is 27.8. The Labute approximate surface area is 119 Å². The Kier molecular flexibility index (Phi) is 4.18. The normalized spacial score (nSPS) is 25.0. The predicted octanol–water partition coefficient (Wildman–Crippen LogP) is -1.44. The first-order valence-corrected chi connectivity index (χ1v) is 7.48. The van der Waals surface area contributed by atoms with Gasteiger partial charge in [-0.1, -0.05) is 0 Å². The lowest BCUT2D eigenvalue weighted by atomic mass is 10.1. The Hall–Kier alpha value is -1.18. The zero-order valence-electron chi connectivity index (χ0n) is 11.7. The topological polar surface area (TPSA) is 76.7 Å². The quantitative estimate of drug-likeness (QED) is 0.589. The van der Waals surface area contributed by atoms with Crippen molar-refractivity contribution in [2.24, 2.45) is 0 Å². The van der Waals surface area contributed by atoms with Crippen molar-refractivity contribution >= 4 is 11.9 Å². The Balaban J connectivity index is 1.33. The number of amides is 3. The van der Waals surface area contributed by atoms with Crippen LogP contribution in [0.1, 0.15) is 12.8 Å². The molecule has 3 amide bonds. The molecule has 0 radical (unpaired) electrons. The van der Waals surface area contributed by atoms with Crippen molar-refractivity contribution in [3.63, 3.8) is 0 Å². The van der Waals surface area contributed by atoms with Crippen LogP contribution in [-0.2, 0) is 4.79 Å². The van der Waals surface area contributed by atoms with Crippen LogP contribution in [0.3, 0.4) is 0 Å². The maximum absolute atomic E-state index is 11.8. The average molecular weight is 281 g/mol. The van der Waals surface area contributed by atoms with Gasteiger partial charge < -0.3 is 10.6 Å². The number of carbonyl (C=O) groups excluding carboxylic acids is 2. The molecule has 0 aromatic heterocycles. The third kappa shape index (κ3) is 3.68. The SMILES string of the molecule is O=C(CN1CCN(C2CNC2)CC1)NC(=O)NC1CC1. The molecule has 1 saturated carbocycles. The van der Waals surface area contributed by atoms with Crippen LogP contribution in [0.5, 0.6) is 0 Å². The summed E-state index contributed by atoms with van der Waals surface area (Å²) in [5.74, 6) is -0.207. The van der Waals surface area contributed by atoms with E-state index in [4.69, 9.17) is 0 Å². The van der Waals surface area contributed by atoms with Crippen LogP contribution in [0.4, 0.5) is 4.79 Å². The highest BCUT2D eigenvalue weighted by Gasteiger charge is 2.28. The molecule has 0 unspecified atom stereocenters. The molecule has 1 aliphatic carbocycles. The van der Waals surface area contributed by atoms with Gasteiger partial charge in [0, 0.05) is 51.4 Å². The zero-order chi connectivity index (χ0) is 13.9. The summed E-state index contributed by atoms with van der Waals surface area (Å²) in [6.07, 6.45) is 2.05. The van der Waals surface area contributed by atoms with Crippen molar-refractivity contribution < 1.29 is 9.59 Å². The molecule has 0 spiro atoms. The molecule has 0 aromatic carbocycles. The molecule has 0 atom stereocenters. The lowest BCUT2D eigenvalue weighted by molar-refractivity contribution is -0.121. The molecule has 7 nitrogen and oxygen atoms in total. The fourth-order valence-corrected chi connectivity index (χ4v) is 2.64. The summed E-state index contributed by atoms with van der Waals surface area (Å²) in [5.41, 5.74) is 0. The highest BCUT2D eigenvalue weighted by molar-refractivity contribution is 5.95. The first-order chi connectivity index (χ1) is 9.70. The molecule has 3 aliphatic rings. The van der Waals surface area contributed by atoms with E-state index in [-0.39, 0.29) is 18.0 Å². The van der Waals surface area contributed by atoms with Crippen molar-refractivity contribution in [3.8, 4) is 0 Å². The van der Waals surface area contributed by atoms with E-state index in [1.165, 1.54) is 0 Å². The fourth-order valence-electron chi connectivity index (χ4n) is 2.64. The first-order valence-electron chi connectivity index (χ1n) is 7.48. The Morgan fingerprint density at radius 1 is 1.10 bits per heavy atom. The number of nitrogens with zero attached hydrogens (tertiary/aromatic N) is 2. The summed E-state index contributed by atoms with van der Waals surface area (Å²) >= 11 is 0. The molecule has 2 heterocycles. The number of urea groups is 1. The number of imide groups is 1. The molecule has 112 valence electrons. The van der Waals surface area contributed by atoms with Crippen molar-refractivity contribution in [3.05, 3.63) is 0 Å². The standard InChI is InChI=1S/C13H23N5O2/c19-12(16-13(20)15-10-1-2-10)9-17-3-5-18(6-4-17)11-7-14-8-11/h10-11,14H,1-9H2,(H2,15,16,19,20). The van der Waals surface area contributed by atoms with Crippen LogP contribution >= 0.6 is 0 Å². The Morgan fingerprint density at radius 3 is 2.35 bits per heavy atom. The molecule has 20 heavy (non-hydrogen) atoms. The van der Waals surface area contributed by atoms with Gasteiger partial charge in [-0.25, -0.2) is 4.79 Å². The van der Waals surface area contributed by atoms with Gasteiger partial charge in [-0.2, -0.15) is 0 Å². The lowest BCUT2D eigenvalue weighted by Crippen LogP contribution is -2.62. The summed E-state index contributed by atoms with van der Waals surface area (Å²) in [6, 6.07) is 0.606. The van der Waals surface area contributed by atoms with Gasteiger partial charge >= 0.3 is 6.03 Å². The molecule has 0 aromatic rings. The number of hydrogen-bond acceptors (Lipinski definition) is 5. The minimum atomic E-state index is -0.350. The van der Waals surface area contributed by atoms with Crippen LogP contribution < -0.4 is 16.0 Å². The second-order valence-electron chi connectivity index (χ2n) is 5.92. The molecule has 3 fully saturated rings. The smallest absolute Gasteiger partial charge is 0.321 e. The van der Waals surface area contributed by atoms with Crippen LogP contribution in [0, 0.1) is 0 Å². The molecular formula is C13H23N5O2. The lowest BCUT2D eigenvalue weighted by Gasteiger charge is -2.43. The minimum absolute atomic E-state index is 0.207. The monoisotopic (exact) mass is 281 g/mol. The minimum Gasteiger partial charge on any atom is -0.335 e. The summed E-state index contributed by atoms with van der Waals surface area (Å²) in [5, 5.41) is 8.44. The van der Waals surface area contributed by atoms with E-state index in [0.29, 0.717) is 12.6 Å². The van der Waals surface area contributed by atoms with Gasteiger partial charge in [0.1, 0.15) is 0 Å². The summed E-state index contributed by atoms with van der Waals surface area (Å²) in [6.45, 7) is 6.29. The van der Waals surface area contributed by atoms with Crippen molar-refractivity contribution in [1.29, 1.82) is 0 Å². The van der Waals surface area contributed by atoms with E-state index >= 15 is 0 Å². The highest BCUT2D eigenvalue weighted by Crippen LogP contribution is 2.18. The van der Waals surface area contributed by atoms with Crippen molar-refractivity contribution in [2.45, 2.75) is 24.9 Å². The van der Waals surface area contributed by atoms with E-state index in [1.807, 2.05) is 0 Å². The van der Waals surface area contributed by atoms with E-state index < -0.39 is 0 Å². The second kappa shape index (κ2) is 6.07. The van der Waals surface area contributed by atoms with Gasteiger partial charge in [-0.3, -0.25) is 19.9 Å². The fraction of sp³-hybridized carbons (Fsp3) is 0.846. The van der Waals surface area contributed by atoms with Gasteiger partial charge in [0.05, 0.1) is 6.54 Å². The maximum atomic E-state index is 11.8. The van der Waals surface area contributed by atoms with Crippen LogP contribution in [0.15, 0.2) is 0 Å². The summed E-state index contributed by atoms with van der Waals surface area (Å²) < 4.78 is 0. The third-order valence-corrected chi connectivity index (χ3v) is 4.22. The largest absolute Gasteiger partial charge is 0.335 e. The summed E-state index contributed by atoms with van der Waals surface area (Å²) in [7, 11) is 0. The average Bonchev–Trinajstić information content (AvgIpc) is 3.12. The molecule has 2 aliphatic heterocycles. The highest BCUT2D eigenvalue weighted by atomic mass is 16.2. The first kappa shape index (κ1) is 13.8. The van der Waals surface area contributed by atoms with E-state index in [2.05, 4.69) is 25.8 Å².